The van der Waals surface area contributed by atoms with Gasteiger partial charge in [-0.25, -0.2) is 0 Å². The second-order valence-electron chi connectivity index (χ2n) is 5.41. The molecule has 0 unspecified atom stereocenters. The third-order valence-electron chi connectivity index (χ3n) is 3.86. The maximum absolute atomic E-state index is 11.1. The molecular formula is C18H15K2O4PS2. The molecule has 0 spiro atoms. The Balaban J connectivity index is 0.00000182. The van der Waals surface area contributed by atoms with Crippen LogP contribution in [0.1, 0.15) is 12.8 Å². The second kappa shape index (κ2) is 12.8. The van der Waals surface area contributed by atoms with Crippen molar-refractivity contribution >= 4 is 146 Å². The third kappa shape index (κ3) is 7.17. The molecule has 0 saturated heterocycles. The molecule has 0 bridgehead atoms. The maximum atomic E-state index is 11.1. The summed E-state index contributed by atoms with van der Waals surface area (Å²) in [5.41, 5.74) is 0. The monoisotopic (exact) mass is 468 g/mol. The van der Waals surface area contributed by atoms with Crippen LogP contribution in [0.25, 0.3) is 0 Å². The maximum Gasteiger partial charge on any atom is 0.217 e. The van der Waals surface area contributed by atoms with E-state index >= 15 is 0 Å². The third-order valence-corrected chi connectivity index (χ3v) is 7.84. The van der Waals surface area contributed by atoms with Crippen molar-refractivity contribution in [2.45, 2.75) is 12.8 Å². The average molecular weight is 469 g/mol. The van der Waals surface area contributed by atoms with Gasteiger partial charge in [-0.05, 0) is 36.0 Å². The van der Waals surface area contributed by atoms with Gasteiger partial charge in [-0.2, -0.15) is 16.8 Å². The van der Waals surface area contributed by atoms with Gasteiger partial charge in [0, 0.05) is 116 Å². The van der Waals surface area contributed by atoms with Crippen molar-refractivity contribution in [2.24, 2.45) is 0 Å². The van der Waals surface area contributed by atoms with E-state index in [-0.39, 0.29) is 103 Å². The molecule has 0 aromatic heterocycles. The molecule has 130 valence electrons. The molecular weight excluding hydrogens is 453 g/mol. The van der Waals surface area contributed by atoms with Crippen LogP contribution in [-0.2, 0) is 20.6 Å². The molecule has 0 N–H and O–H groups in total. The van der Waals surface area contributed by atoms with Gasteiger partial charge in [-0.1, -0.05) is 54.6 Å². The van der Waals surface area contributed by atoms with E-state index in [1.807, 2.05) is 54.6 Å². The SMILES string of the molecule is O=S(=O)=C1C=CC(P(C2=CCC(=S(=O)=O)C=C2)c2ccccc2)=CC1.[K].[K]. The van der Waals surface area contributed by atoms with Gasteiger partial charge in [0.25, 0.3) is 0 Å². The molecule has 0 saturated carbocycles. The van der Waals surface area contributed by atoms with Crippen LogP contribution in [0.4, 0.5) is 0 Å². The van der Waals surface area contributed by atoms with Gasteiger partial charge < -0.3 is 0 Å². The Labute approximate surface area is 248 Å². The molecule has 0 fully saturated rings. The first-order chi connectivity index (χ1) is 12.1. The Morgan fingerprint density at radius 2 is 1.11 bits per heavy atom. The van der Waals surface area contributed by atoms with Gasteiger partial charge in [0.1, 0.15) is 0 Å². The zero-order valence-corrected chi connectivity index (χ0v) is 23.9. The summed E-state index contributed by atoms with van der Waals surface area (Å²) in [6.07, 6.45) is 11.7. The first-order valence-electron chi connectivity index (χ1n) is 7.58. The fraction of sp³-hybridized carbons (Fsp3) is 0.111. The molecule has 27 heavy (non-hydrogen) atoms. The molecule has 2 aliphatic rings. The van der Waals surface area contributed by atoms with Gasteiger partial charge >= 0.3 is 0 Å². The molecule has 0 aliphatic heterocycles. The van der Waals surface area contributed by atoms with Crippen molar-refractivity contribution in [1.29, 1.82) is 0 Å². The van der Waals surface area contributed by atoms with Crippen molar-refractivity contribution in [3.05, 3.63) is 77.4 Å². The molecule has 1 aromatic rings. The summed E-state index contributed by atoms with van der Waals surface area (Å²) in [7, 11) is -5.24. The molecule has 3 rings (SSSR count). The van der Waals surface area contributed by atoms with Gasteiger partial charge in [0.05, 0.1) is 9.73 Å². The molecule has 0 heterocycles. The number of benzene rings is 1. The van der Waals surface area contributed by atoms with Crippen LogP contribution in [0, 0.1) is 0 Å². The second-order valence-corrected chi connectivity index (χ2v) is 9.61. The zero-order chi connectivity index (χ0) is 17.8. The minimum absolute atomic E-state index is 0. The number of allylic oxidation sites excluding steroid dienone is 8. The van der Waals surface area contributed by atoms with E-state index in [9.17, 15) is 16.8 Å². The van der Waals surface area contributed by atoms with Gasteiger partial charge in [0.2, 0.25) is 20.6 Å². The topological polar surface area (TPSA) is 68.3 Å². The van der Waals surface area contributed by atoms with Crippen LogP contribution in [-0.4, -0.2) is 129 Å². The van der Waals surface area contributed by atoms with Crippen molar-refractivity contribution in [1.82, 2.24) is 0 Å². The fourth-order valence-electron chi connectivity index (χ4n) is 2.64. The summed E-state index contributed by atoms with van der Waals surface area (Å²) in [6.45, 7) is 0. The molecule has 2 radical (unpaired) electrons. The smallest absolute Gasteiger partial charge is 0.184 e. The minimum atomic E-state index is -2.20. The summed E-state index contributed by atoms with van der Waals surface area (Å²) in [4.78, 5) is 0.745. The number of hydrogen-bond donors (Lipinski definition) is 0. The minimum Gasteiger partial charge on any atom is -0.184 e. The van der Waals surface area contributed by atoms with E-state index in [2.05, 4.69) is 0 Å². The van der Waals surface area contributed by atoms with Gasteiger partial charge in [-0.3, -0.25) is 0 Å². The van der Waals surface area contributed by atoms with Gasteiger partial charge in [-0.15, -0.1) is 0 Å². The number of hydrogen-bond acceptors (Lipinski definition) is 4. The quantitative estimate of drug-likeness (QED) is 0.386. The van der Waals surface area contributed by atoms with E-state index in [0.717, 1.165) is 15.9 Å². The predicted octanol–water partition coefficient (Wildman–Crippen LogP) is 1.82. The Morgan fingerprint density at radius 1 is 0.667 bits per heavy atom. The standard InChI is InChI=1S/C18H15O4PS2.2K/c19-24(20)17-10-6-15(7-11-17)23(14-4-2-1-3-5-14)16-8-12-18(13-9-16)25(21)22;;/h1-10,12H,11,13H2;;. The van der Waals surface area contributed by atoms with Crippen molar-refractivity contribution in [3.63, 3.8) is 0 Å². The van der Waals surface area contributed by atoms with E-state index in [1.54, 1.807) is 12.2 Å². The van der Waals surface area contributed by atoms with Gasteiger partial charge in [0.15, 0.2) is 0 Å². The van der Waals surface area contributed by atoms with E-state index in [4.69, 9.17) is 0 Å². The first kappa shape index (κ1) is 26.3. The van der Waals surface area contributed by atoms with Crippen LogP contribution in [0.3, 0.4) is 0 Å². The van der Waals surface area contributed by atoms with Crippen molar-refractivity contribution in [2.75, 3.05) is 0 Å². The summed E-state index contributed by atoms with van der Waals surface area (Å²) in [6, 6.07) is 9.99. The average Bonchev–Trinajstić information content (AvgIpc) is 2.64. The van der Waals surface area contributed by atoms with Crippen LogP contribution in [0.15, 0.2) is 77.4 Å². The Hall–Kier alpha value is 1.26. The van der Waals surface area contributed by atoms with Crippen LogP contribution in [0.2, 0.25) is 0 Å². The molecule has 0 amide bonds. The molecule has 4 nitrogen and oxygen atoms in total. The molecule has 2 aliphatic carbocycles. The van der Waals surface area contributed by atoms with Crippen LogP contribution in [0.5, 0.6) is 0 Å². The normalized spacial score (nSPS) is 15.4. The predicted molar refractivity (Wildman–Crippen MR) is 116 cm³/mol. The van der Waals surface area contributed by atoms with E-state index < -0.39 is 28.5 Å². The van der Waals surface area contributed by atoms with E-state index in [1.165, 1.54) is 0 Å². The summed E-state index contributed by atoms with van der Waals surface area (Å²) in [5, 5.41) is 3.28. The summed E-state index contributed by atoms with van der Waals surface area (Å²) >= 11 is 0. The largest absolute Gasteiger partial charge is 0.217 e. The number of rotatable bonds is 3. The molecule has 0 atom stereocenters. The Morgan fingerprint density at radius 3 is 1.44 bits per heavy atom. The van der Waals surface area contributed by atoms with Crippen molar-refractivity contribution in [3.8, 4) is 0 Å². The zero-order valence-electron chi connectivity index (χ0n) is 15.2. The van der Waals surface area contributed by atoms with Crippen LogP contribution < -0.4 is 5.30 Å². The van der Waals surface area contributed by atoms with Crippen LogP contribution >= 0.6 is 7.92 Å². The first-order valence-corrected chi connectivity index (χ1v) is 11.1. The van der Waals surface area contributed by atoms with E-state index in [0.29, 0.717) is 22.6 Å². The molecule has 1 aromatic carbocycles. The fourth-order valence-corrected chi connectivity index (χ4v) is 5.80. The molecule has 9 heteroatoms. The van der Waals surface area contributed by atoms with Crippen molar-refractivity contribution < 1.29 is 16.8 Å². The Kier molecular flexibility index (Phi) is 12.5. The summed E-state index contributed by atoms with van der Waals surface area (Å²) in [5.74, 6) is 0. The Bertz CT molecular complexity index is 1010. The summed E-state index contributed by atoms with van der Waals surface area (Å²) < 4.78 is 44.4.